The summed E-state index contributed by atoms with van der Waals surface area (Å²) in [4.78, 5) is 0. The third kappa shape index (κ3) is 4.61. The van der Waals surface area contributed by atoms with Crippen LogP contribution in [-0.4, -0.2) is 11.5 Å². The minimum Gasteiger partial charge on any atom is -1.00 e. The number of hydrogen-bond acceptors (Lipinski definition) is 1. The van der Waals surface area contributed by atoms with Gasteiger partial charge in [0.15, 0.2) is 0 Å². The van der Waals surface area contributed by atoms with Crippen molar-refractivity contribution >= 4 is 9.30 Å². The Morgan fingerprint density at radius 1 is 0.917 bits per heavy atom. The van der Waals surface area contributed by atoms with Crippen molar-refractivity contribution in [3.8, 4) is 11.1 Å². The van der Waals surface area contributed by atoms with Crippen molar-refractivity contribution in [3.05, 3.63) is 53.6 Å². The molecule has 0 unspecified atom stereocenters. The molecule has 2 aromatic carbocycles. The van der Waals surface area contributed by atoms with Gasteiger partial charge >= 0.3 is 144 Å². The van der Waals surface area contributed by atoms with E-state index in [0.717, 1.165) is 6.42 Å². The first-order valence-corrected chi connectivity index (χ1v) is 20.9. The molecule has 0 bridgehead atoms. The zero-order valence-corrected chi connectivity index (χ0v) is 21.3. The summed E-state index contributed by atoms with van der Waals surface area (Å²) in [6, 6.07) is 16.0. The Hall–Kier alpha value is 0.0670. The Balaban J connectivity index is 0.00000144. The zero-order chi connectivity index (χ0) is 15.9. The van der Waals surface area contributed by atoms with E-state index in [4.69, 9.17) is 0 Å². The number of hydrogen-bond donors (Lipinski definition) is 1. The van der Waals surface area contributed by atoms with Gasteiger partial charge < -0.3 is 24.8 Å². The second-order valence-corrected chi connectivity index (χ2v) is 32.9. The second-order valence-electron chi connectivity index (χ2n) is 7.61. The average Bonchev–Trinajstić information content (AvgIpc) is 2.82. The fourth-order valence-electron chi connectivity index (χ4n) is 3.34. The van der Waals surface area contributed by atoms with E-state index in [9.17, 15) is 0 Å². The van der Waals surface area contributed by atoms with Gasteiger partial charge in [-0.1, -0.05) is 0 Å². The summed E-state index contributed by atoms with van der Waals surface area (Å²) in [6.45, 7) is 12.1. The van der Waals surface area contributed by atoms with Crippen molar-refractivity contribution in [1.29, 1.82) is 0 Å². The molecule has 0 heterocycles. The quantitative estimate of drug-likeness (QED) is 0.369. The molecule has 0 spiro atoms. The van der Waals surface area contributed by atoms with Gasteiger partial charge in [-0.3, -0.25) is 0 Å². The Kier molecular flexibility index (Phi) is 7.95. The summed E-state index contributed by atoms with van der Waals surface area (Å²) in [5.74, 6) is -0.642. The van der Waals surface area contributed by atoms with E-state index in [0.29, 0.717) is 0 Å². The molecule has 0 radical (unpaired) electrons. The van der Waals surface area contributed by atoms with E-state index in [1.54, 1.807) is 8.88 Å². The van der Waals surface area contributed by atoms with Crippen LogP contribution in [0.25, 0.3) is 11.1 Å². The zero-order valence-electron chi connectivity index (χ0n) is 15.1. The first kappa shape index (κ1) is 22.1. The molecule has 1 aliphatic rings. The number of halogens is 2. The standard InChI is InChI=1S/C13H9.C4H10N.C2H7Si.2ClH.Hf/c1-3-7-12-10(5-1)9-11-6-2-4-8-13(11)12;1-4(2,3)5;1-3-2;;;/h1-5,7-8H,9H2;5H,1-3H3;3H,1-2H3;2*1H;/q;-1;;;;+3/p-2. The largest absolute Gasteiger partial charge is 1.00 e. The maximum absolute atomic E-state index is 4.10. The molecule has 1 aliphatic carbocycles. The third-order valence-electron chi connectivity index (χ3n) is 4.23. The molecule has 1 nitrogen and oxygen atoms in total. The summed E-state index contributed by atoms with van der Waals surface area (Å²) in [7, 11) is 0. The Morgan fingerprint density at radius 3 is 2.17 bits per heavy atom. The van der Waals surface area contributed by atoms with E-state index in [1.807, 2.05) is 0 Å². The molecule has 0 saturated heterocycles. The molecule has 0 aromatic heterocycles. The van der Waals surface area contributed by atoms with Crippen LogP contribution >= 0.6 is 0 Å². The van der Waals surface area contributed by atoms with Crippen LogP contribution in [0.5, 0.6) is 0 Å². The van der Waals surface area contributed by atoms with Crippen LogP contribution in [-0.2, 0) is 27.3 Å². The summed E-state index contributed by atoms with van der Waals surface area (Å²) in [6.07, 6.45) is 1.14. The van der Waals surface area contributed by atoms with Crippen LogP contribution in [0.4, 0.5) is 0 Å². The van der Waals surface area contributed by atoms with E-state index in [1.165, 1.54) is 16.7 Å². The predicted octanol–water partition coefficient (Wildman–Crippen LogP) is -2.20. The van der Waals surface area contributed by atoms with E-state index < -0.39 is 26.9 Å². The van der Waals surface area contributed by atoms with Gasteiger partial charge in [0.1, 0.15) is 0 Å². The summed E-state index contributed by atoms with van der Waals surface area (Å²) in [5.41, 5.74) is 6.36. The SMILES string of the molecule is C[SiH](C)[Hf+2]([NH]C(C)(C)C)[c]1cccc2c1Cc1ccccc1-2.[Cl-].[Cl-]. The van der Waals surface area contributed by atoms with Gasteiger partial charge in [0.2, 0.25) is 0 Å². The monoisotopic (exact) mass is 546 g/mol. The maximum atomic E-state index is 4.10. The Labute approximate surface area is 168 Å². The number of fused-ring (bicyclic) bond motifs is 3. The van der Waals surface area contributed by atoms with Crippen molar-refractivity contribution in [1.82, 2.24) is 3.30 Å². The number of benzene rings is 2. The van der Waals surface area contributed by atoms with Crippen LogP contribution in [0.3, 0.4) is 0 Å². The average molecular weight is 546 g/mol. The van der Waals surface area contributed by atoms with Crippen molar-refractivity contribution in [2.75, 3.05) is 0 Å². The summed E-state index contributed by atoms with van der Waals surface area (Å²) < 4.78 is 5.85. The molecule has 0 amide bonds. The molecule has 1 N–H and O–H groups in total. The molecule has 5 heteroatoms. The minimum absolute atomic E-state index is 0. The van der Waals surface area contributed by atoms with Gasteiger partial charge in [-0.2, -0.15) is 0 Å². The number of nitrogens with one attached hydrogen (secondary N) is 1. The summed E-state index contributed by atoms with van der Waals surface area (Å²) in [5, 5.41) is 0. The fourth-order valence-corrected chi connectivity index (χ4v) is 26.2. The van der Waals surface area contributed by atoms with Crippen molar-refractivity contribution in [2.24, 2.45) is 0 Å². The third-order valence-corrected chi connectivity index (χ3v) is 29.0. The molecule has 0 atom stereocenters. The normalized spacial score (nSPS) is 12.1. The van der Waals surface area contributed by atoms with E-state index >= 15 is 0 Å². The van der Waals surface area contributed by atoms with Crippen LogP contribution in [0.1, 0.15) is 31.9 Å². The first-order chi connectivity index (χ1) is 10.4. The van der Waals surface area contributed by atoms with Crippen molar-refractivity contribution in [3.63, 3.8) is 0 Å². The fraction of sp³-hybridized carbons (Fsp3) is 0.368. The van der Waals surface area contributed by atoms with Crippen LogP contribution < -0.4 is 31.4 Å². The second kappa shape index (κ2) is 8.63. The minimum atomic E-state index is -1.94. The maximum Gasteiger partial charge on any atom is -1.00 e. The van der Waals surface area contributed by atoms with E-state index in [2.05, 4.69) is 79.6 Å². The van der Waals surface area contributed by atoms with Gasteiger partial charge in [-0.15, -0.1) is 0 Å². The van der Waals surface area contributed by atoms with Crippen LogP contribution in [0.2, 0.25) is 13.1 Å². The topological polar surface area (TPSA) is 12.0 Å². The van der Waals surface area contributed by atoms with Crippen LogP contribution in [0, 0.1) is 0 Å². The van der Waals surface area contributed by atoms with Crippen molar-refractivity contribution in [2.45, 2.75) is 45.8 Å². The molecular formula is C19H26Cl2HfNSi. The molecular weight excluding hydrogens is 520 g/mol. The smallest absolute Gasteiger partial charge is 1.00 e. The summed E-state index contributed by atoms with van der Waals surface area (Å²) >= 11 is -1.94. The molecule has 129 valence electrons. The van der Waals surface area contributed by atoms with Crippen molar-refractivity contribution < 1.29 is 45.7 Å². The molecule has 0 fully saturated rings. The van der Waals surface area contributed by atoms with E-state index in [-0.39, 0.29) is 30.4 Å². The Morgan fingerprint density at radius 2 is 1.54 bits per heavy atom. The predicted molar refractivity (Wildman–Crippen MR) is 96.1 cm³/mol. The van der Waals surface area contributed by atoms with Crippen LogP contribution in [0.15, 0.2) is 42.5 Å². The Bertz CT molecular complexity index is 698. The first-order valence-electron chi connectivity index (χ1n) is 8.22. The molecule has 3 rings (SSSR count). The molecule has 24 heavy (non-hydrogen) atoms. The molecule has 0 saturated carbocycles. The number of rotatable bonds is 3. The van der Waals surface area contributed by atoms with Gasteiger partial charge in [0, 0.05) is 0 Å². The van der Waals surface area contributed by atoms with Gasteiger partial charge in [-0.05, 0) is 0 Å². The van der Waals surface area contributed by atoms with Gasteiger partial charge in [0.05, 0.1) is 0 Å². The van der Waals surface area contributed by atoms with Gasteiger partial charge in [-0.25, -0.2) is 0 Å². The van der Waals surface area contributed by atoms with Gasteiger partial charge in [0.25, 0.3) is 0 Å². The molecule has 0 aliphatic heterocycles. The molecule has 2 aromatic rings.